The first-order chi connectivity index (χ1) is 11.2. The third-order valence-electron chi connectivity index (χ3n) is 5.20. The molecule has 23 heavy (non-hydrogen) atoms. The number of amides is 1. The Bertz CT molecular complexity index is 511. The van der Waals surface area contributed by atoms with Crippen molar-refractivity contribution < 1.29 is 9.90 Å². The van der Waals surface area contributed by atoms with Crippen LogP contribution in [0.4, 0.5) is 0 Å². The minimum atomic E-state index is -0.503. The van der Waals surface area contributed by atoms with Gasteiger partial charge in [-0.1, -0.05) is 37.5 Å². The minimum absolute atomic E-state index is 0.129. The lowest BCUT2D eigenvalue weighted by Gasteiger charge is -2.36. The summed E-state index contributed by atoms with van der Waals surface area (Å²) in [7, 11) is 0. The van der Waals surface area contributed by atoms with Crippen molar-refractivity contribution in [3.05, 3.63) is 35.9 Å². The number of nitrogens with zero attached hydrogens (tertiary/aromatic N) is 2. The van der Waals surface area contributed by atoms with Crippen LogP contribution in [0.2, 0.25) is 0 Å². The molecule has 1 saturated heterocycles. The number of hydrogen-bond acceptors (Lipinski definition) is 3. The quantitative estimate of drug-likeness (QED) is 0.932. The normalized spacial score (nSPS) is 22.6. The smallest absolute Gasteiger partial charge is 0.253 e. The highest BCUT2D eigenvalue weighted by Gasteiger charge is 2.32. The van der Waals surface area contributed by atoms with E-state index in [2.05, 4.69) is 4.90 Å². The van der Waals surface area contributed by atoms with Crippen molar-refractivity contribution >= 4 is 5.91 Å². The molecule has 0 spiro atoms. The van der Waals surface area contributed by atoms with Crippen LogP contribution < -0.4 is 0 Å². The predicted molar refractivity (Wildman–Crippen MR) is 91.4 cm³/mol. The zero-order valence-corrected chi connectivity index (χ0v) is 13.9. The Morgan fingerprint density at radius 2 is 1.70 bits per heavy atom. The third-order valence-corrected chi connectivity index (χ3v) is 5.20. The van der Waals surface area contributed by atoms with Crippen molar-refractivity contribution in [1.29, 1.82) is 0 Å². The molecule has 0 radical (unpaired) electrons. The van der Waals surface area contributed by atoms with E-state index >= 15 is 0 Å². The number of benzene rings is 1. The van der Waals surface area contributed by atoms with Gasteiger partial charge in [-0.2, -0.15) is 0 Å². The van der Waals surface area contributed by atoms with Crippen LogP contribution in [-0.2, 0) is 0 Å². The van der Waals surface area contributed by atoms with E-state index in [4.69, 9.17) is 0 Å². The van der Waals surface area contributed by atoms with Gasteiger partial charge in [0.2, 0.25) is 0 Å². The molecule has 126 valence electrons. The Kier molecular flexibility index (Phi) is 5.34. The molecule has 1 saturated carbocycles. The monoisotopic (exact) mass is 316 g/mol. The van der Waals surface area contributed by atoms with Crippen molar-refractivity contribution in [1.82, 2.24) is 9.80 Å². The van der Waals surface area contributed by atoms with E-state index in [1.165, 1.54) is 6.42 Å². The summed E-state index contributed by atoms with van der Waals surface area (Å²) in [5.41, 5.74) is 0.267. The molecular weight excluding hydrogens is 288 g/mol. The number of aliphatic hydroxyl groups is 1. The Hall–Kier alpha value is -1.39. The summed E-state index contributed by atoms with van der Waals surface area (Å²) in [5, 5.41) is 10.7. The summed E-state index contributed by atoms with van der Waals surface area (Å²) in [6.07, 6.45) is 6.37. The summed E-state index contributed by atoms with van der Waals surface area (Å²) >= 11 is 0. The fraction of sp³-hybridized carbons (Fsp3) is 0.632. The Balaban J connectivity index is 1.56. The second kappa shape index (κ2) is 7.45. The Morgan fingerprint density at radius 1 is 0.957 bits per heavy atom. The average Bonchev–Trinajstić information content (AvgIpc) is 2.81. The Morgan fingerprint density at radius 3 is 2.43 bits per heavy atom. The number of carbonyl (C=O) groups is 1. The summed E-state index contributed by atoms with van der Waals surface area (Å²) in [6.45, 7) is 4.16. The second-order valence-corrected chi connectivity index (χ2v) is 7.07. The van der Waals surface area contributed by atoms with Gasteiger partial charge in [-0.05, 0) is 31.4 Å². The fourth-order valence-electron chi connectivity index (χ4n) is 3.88. The van der Waals surface area contributed by atoms with Crippen LogP contribution in [0.25, 0.3) is 0 Å². The molecule has 2 aliphatic rings. The molecule has 3 rings (SSSR count). The molecule has 1 aromatic rings. The highest BCUT2D eigenvalue weighted by molar-refractivity contribution is 5.94. The van der Waals surface area contributed by atoms with Crippen molar-refractivity contribution in [2.45, 2.75) is 44.1 Å². The highest BCUT2D eigenvalue weighted by atomic mass is 16.3. The largest absolute Gasteiger partial charge is 0.389 e. The summed E-state index contributed by atoms with van der Waals surface area (Å²) < 4.78 is 0. The van der Waals surface area contributed by atoms with Crippen LogP contribution in [0.15, 0.2) is 30.3 Å². The van der Waals surface area contributed by atoms with Crippen molar-refractivity contribution in [2.75, 3.05) is 32.7 Å². The molecule has 1 aliphatic carbocycles. The van der Waals surface area contributed by atoms with E-state index in [0.29, 0.717) is 0 Å². The predicted octanol–water partition coefficient (Wildman–Crippen LogP) is 2.53. The van der Waals surface area contributed by atoms with E-state index in [1.54, 1.807) is 0 Å². The van der Waals surface area contributed by atoms with Crippen LogP contribution in [0, 0.1) is 0 Å². The van der Waals surface area contributed by atoms with E-state index < -0.39 is 5.60 Å². The maximum absolute atomic E-state index is 12.6. The minimum Gasteiger partial charge on any atom is -0.389 e. The number of rotatable bonds is 3. The highest BCUT2D eigenvalue weighted by Crippen LogP contribution is 2.29. The lowest BCUT2D eigenvalue weighted by molar-refractivity contribution is -0.0252. The molecule has 1 amide bonds. The second-order valence-electron chi connectivity index (χ2n) is 7.07. The van der Waals surface area contributed by atoms with E-state index in [1.807, 2.05) is 35.2 Å². The lowest BCUT2D eigenvalue weighted by Crippen LogP contribution is -2.45. The van der Waals surface area contributed by atoms with Gasteiger partial charge < -0.3 is 10.0 Å². The Labute approximate surface area is 139 Å². The van der Waals surface area contributed by atoms with Crippen molar-refractivity contribution in [2.24, 2.45) is 0 Å². The molecule has 1 aromatic carbocycles. The van der Waals surface area contributed by atoms with Gasteiger partial charge in [-0.15, -0.1) is 0 Å². The van der Waals surface area contributed by atoms with Gasteiger partial charge in [0.05, 0.1) is 5.60 Å². The van der Waals surface area contributed by atoms with E-state index in [-0.39, 0.29) is 5.91 Å². The standard InChI is InChI=1S/C19H28N2O2/c22-18(17-8-3-1-4-9-17)21-13-7-12-20(14-15-21)16-19(23)10-5-2-6-11-19/h1,3-4,8-9,23H,2,5-7,10-16H2. The topological polar surface area (TPSA) is 43.8 Å². The fourth-order valence-corrected chi connectivity index (χ4v) is 3.88. The first kappa shape index (κ1) is 16.5. The van der Waals surface area contributed by atoms with E-state index in [9.17, 15) is 9.90 Å². The molecule has 4 heteroatoms. The van der Waals surface area contributed by atoms with Gasteiger partial charge in [-0.25, -0.2) is 0 Å². The molecule has 0 atom stereocenters. The molecule has 0 unspecified atom stereocenters. The van der Waals surface area contributed by atoms with Gasteiger partial charge in [0.15, 0.2) is 0 Å². The number of carbonyl (C=O) groups excluding carboxylic acids is 1. The van der Waals surface area contributed by atoms with Crippen LogP contribution in [0.3, 0.4) is 0 Å². The first-order valence-corrected chi connectivity index (χ1v) is 8.95. The molecule has 0 bridgehead atoms. The SMILES string of the molecule is O=C(c1ccccc1)N1CCCN(CC2(O)CCCCC2)CC1. The van der Waals surface area contributed by atoms with E-state index in [0.717, 1.165) is 70.4 Å². The maximum Gasteiger partial charge on any atom is 0.253 e. The average molecular weight is 316 g/mol. The molecule has 0 aromatic heterocycles. The first-order valence-electron chi connectivity index (χ1n) is 8.95. The van der Waals surface area contributed by atoms with Crippen LogP contribution in [0.1, 0.15) is 48.9 Å². The van der Waals surface area contributed by atoms with Gasteiger partial charge in [0.25, 0.3) is 5.91 Å². The molecule has 2 fully saturated rings. The summed E-state index contributed by atoms with van der Waals surface area (Å²) in [6, 6.07) is 9.53. The number of β-amino-alcohol motifs (C(OH)–C–C–N with tert-alkyl or cyclic N) is 1. The van der Waals surface area contributed by atoms with Gasteiger partial charge >= 0.3 is 0 Å². The van der Waals surface area contributed by atoms with Gasteiger partial charge in [0, 0.05) is 38.3 Å². The van der Waals surface area contributed by atoms with Crippen LogP contribution >= 0.6 is 0 Å². The lowest BCUT2D eigenvalue weighted by atomic mass is 9.84. The summed E-state index contributed by atoms with van der Waals surface area (Å²) in [4.78, 5) is 16.9. The molecule has 1 heterocycles. The molecule has 4 nitrogen and oxygen atoms in total. The van der Waals surface area contributed by atoms with Crippen LogP contribution in [0.5, 0.6) is 0 Å². The van der Waals surface area contributed by atoms with Gasteiger partial charge in [0.1, 0.15) is 0 Å². The van der Waals surface area contributed by atoms with Crippen molar-refractivity contribution in [3.8, 4) is 0 Å². The molecule has 1 aliphatic heterocycles. The van der Waals surface area contributed by atoms with Crippen molar-refractivity contribution in [3.63, 3.8) is 0 Å². The van der Waals surface area contributed by atoms with Crippen LogP contribution in [-0.4, -0.2) is 59.1 Å². The third kappa shape index (κ3) is 4.33. The van der Waals surface area contributed by atoms with Gasteiger partial charge in [-0.3, -0.25) is 9.69 Å². The summed E-state index contributed by atoms with van der Waals surface area (Å²) in [5.74, 6) is 0.129. The maximum atomic E-state index is 12.6. The number of hydrogen-bond donors (Lipinski definition) is 1. The zero-order valence-electron chi connectivity index (χ0n) is 13.9. The molecule has 1 N–H and O–H groups in total. The molecular formula is C19H28N2O2. The zero-order chi connectivity index (χ0) is 16.1.